The van der Waals surface area contributed by atoms with Gasteiger partial charge in [-0.25, -0.2) is 4.68 Å². The lowest BCUT2D eigenvalue weighted by atomic mass is 10.2. The Hall–Kier alpha value is -2.30. The maximum Gasteiger partial charge on any atom is 0.269 e. The Morgan fingerprint density at radius 1 is 1.38 bits per heavy atom. The zero-order valence-corrected chi connectivity index (χ0v) is 8.50. The van der Waals surface area contributed by atoms with Crippen LogP contribution in [0.1, 0.15) is 5.56 Å². The van der Waals surface area contributed by atoms with Crippen LogP contribution in [0.25, 0.3) is 0 Å². The second kappa shape index (κ2) is 4.06. The molecule has 0 radical (unpaired) electrons. The molecule has 5 heteroatoms. The lowest BCUT2D eigenvalue weighted by Crippen LogP contribution is -2.22. The Morgan fingerprint density at radius 2 is 2.19 bits per heavy atom. The molecule has 16 heavy (non-hydrogen) atoms. The Morgan fingerprint density at radius 3 is 2.88 bits per heavy atom. The number of nitrogens with two attached hydrogens (primary N) is 1. The first kappa shape index (κ1) is 10.2. The summed E-state index contributed by atoms with van der Waals surface area (Å²) >= 11 is 0. The van der Waals surface area contributed by atoms with Crippen LogP contribution in [0.3, 0.4) is 0 Å². The number of nitrogen functional groups attached to an aromatic ring is 1. The number of phenolic OH excluding ortho intramolecular Hbond substituents is 1. The van der Waals surface area contributed by atoms with E-state index in [0.717, 1.165) is 5.56 Å². The van der Waals surface area contributed by atoms with Crippen molar-refractivity contribution in [3.8, 4) is 5.75 Å². The van der Waals surface area contributed by atoms with Crippen molar-refractivity contribution in [3.63, 3.8) is 0 Å². The molecule has 0 unspecified atom stereocenters. The molecule has 0 atom stereocenters. The van der Waals surface area contributed by atoms with Crippen LogP contribution in [0.5, 0.6) is 5.75 Å². The number of aromatic hydroxyl groups is 1. The molecule has 2 aromatic rings. The predicted molar refractivity (Wildman–Crippen MR) is 60.1 cm³/mol. The quantitative estimate of drug-likeness (QED) is 0.771. The molecule has 0 spiro atoms. The van der Waals surface area contributed by atoms with E-state index in [2.05, 4.69) is 5.10 Å². The summed E-state index contributed by atoms with van der Waals surface area (Å²) in [6.45, 7) is 0.313. The molecule has 0 aliphatic heterocycles. The summed E-state index contributed by atoms with van der Waals surface area (Å²) < 4.78 is 1.28. The van der Waals surface area contributed by atoms with Gasteiger partial charge in [-0.15, -0.1) is 0 Å². The highest BCUT2D eigenvalue weighted by molar-refractivity contribution is 5.32. The van der Waals surface area contributed by atoms with Crippen LogP contribution in [0.2, 0.25) is 0 Å². The number of phenols is 1. The van der Waals surface area contributed by atoms with Crippen LogP contribution in [0.4, 0.5) is 5.69 Å². The molecule has 5 nitrogen and oxygen atoms in total. The third-order valence-electron chi connectivity index (χ3n) is 2.13. The van der Waals surface area contributed by atoms with Crippen LogP contribution in [-0.2, 0) is 6.54 Å². The van der Waals surface area contributed by atoms with Crippen molar-refractivity contribution in [3.05, 3.63) is 52.4 Å². The van der Waals surface area contributed by atoms with Crippen LogP contribution in [-0.4, -0.2) is 14.9 Å². The van der Waals surface area contributed by atoms with Gasteiger partial charge in [-0.2, -0.15) is 5.10 Å². The van der Waals surface area contributed by atoms with Gasteiger partial charge < -0.3 is 10.8 Å². The number of rotatable bonds is 2. The zero-order valence-electron chi connectivity index (χ0n) is 8.50. The molecule has 0 bridgehead atoms. The first-order valence-electron chi connectivity index (χ1n) is 4.76. The van der Waals surface area contributed by atoms with Gasteiger partial charge >= 0.3 is 0 Å². The topological polar surface area (TPSA) is 81.1 Å². The van der Waals surface area contributed by atoms with Crippen molar-refractivity contribution < 1.29 is 5.11 Å². The minimum absolute atomic E-state index is 0.168. The molecule has 3 N–H and O–H groups in total. The van der Waals surface area contributed by atoms with E-state index in [4.69, 9.17) is 5.73 Å². The number of aromatic nitrogens is 2. The Balaban J connectivity index is 2.31. The number of benzene rings is 1. The Bertz CT molecular complexity index is 563. The largest absolute Gasteiger partial charge is 0.508 e. The van der Waals surface area contributed by atoms with Gasteiger partial charge in [0.1, 0.15) is 5.75 Å². The third kappa shape index (κ3) is 2.20. The lowest BCUT2D eigenvalue weighted by molar-refractivity contribution is 0.474. The summed E-state index contributed by atoms with van der Waals surface area (Å²) in [5.74, 6) is 0.168. The molecule has 1 aromatic heterocycles. The number of hydrogen-bond donors (Lipinski definition) is 2. The molecular weight excluding hydrogens is 206 g/mol. The summed E-state index contributed by atoms with van der Waals surface area (Å²) in [6.07, 6.45) is 1.42. The van der Waals surface area contributed by atoms with Gasteiger partial charge in [0, 0.05) is 6.07 Å². The fourth-order valence-electron chi connectivity index (χ4n) is 1.39. The van der Waals surface area contributed by atoms with Gasteiger partial charge in [-0.05, 0) is 17.7 Å². The molecule has 82 valence electrons. The van der Waals surface area contributed by atoms with E-state index < -0.39 is 0 Å². The molecular formula is C11H11N3O2. The van der Waals surface area contributed by atoms with Crippen molar-refractivity contribution in [1.82, 2.24) is 9.78 Å². The van der Waals surface area contributed by atoms with Crippen molar-refractivity contribution in [2.24, 2.45) is 0 Å². The molecule has 2 rings (SSSR count). The fraction of sp³-hybridized carbons (Fsp3) is 0.0909. The van der Waals surface area contributed by atoms with Crippen molar-refractivity contribution in [2.45, 2.75) is 6.54 Å². The van der Waals surface area contributed by atoms with E-state index >= 15 is 0 Å². The van der Waals surface area contributed by atoms with Crippen molar-refractivity contribution in [1.29, 1.82) is 0 Å². The minimum atomic E-state index is -0.261. The summed E-state index contributed by atoms with van der Waals surface area (Å²) in [6, 6.07) is 8.00. The SMILES string of the molecule is Nc1cnn(Cc2cccc(O)c2)c(=O)c1. The number of hydrogen-bond acceptors (Lipinski definition) is 4. The fourth-order valence-corrected chi connectivity index (χ4v) is 1.39. The van der Waals surface area contributed by atoms with Gasteiger partial charge in [-0.3, -0.25) is 4.79 Å². The molecule has 0 fully saturated rings. The zero-order chi connectivity index (χ0) is 11.5. The molecule has 0 saturated heterocycles. The van der Waals surface area contributed by atoms with E-state index in [1.807, 2.05) is 6.07 Å². The van der Waals surface area contributed by atoms with Gasteiger partial charge in [-0.1, -0.05) is 12.1 Å². The predicted octanol–water partition coefficient (Wildman–Crippen LogP) is 0.579. The third-order valence-corrected chi connectivity index (χ3v) is 2.13. The van der Waals surface area contributed by atoms with Gasteiger partial charge in [0.25, 0.3) is 5.56 Å². The van der Waals surface area contributed by atoms with E-state index in [9.17, 15) is 9.90 Å². The first-order chi connectivity index (χ1) is 7.65. The second-order valence-electron chi connectivity index (χ2n) is 3.45. The average Bonchev–Trinajstić information content (AvgIpc) is 2.22. The maximum atomic E-state index is 11.5. The highest BCUT2D eigenvalue weighted by atomic mass is 16.3. The number of anilines is 1. The van der Waals surface area contributed by atoms with Crippen LogP contribution >= 0.6 is 0 Å². The molecule has 0 aliphatic carbocycles. The highest BCUT2D eigenvalue weighted by Crippen LogP contribution is 2.11. The van der Waals surface area contributed by atoms with E-state index in [0.29, 0.717) is 12.2 Å². The summed E-state index contributed by atoms with van der Waals surface area (Å²) in [4.78, 5) is 11.5. The Kier molecular flexibility index (Phi) is 2.59. The van der Waals surface area contributed by atoms with E-state index in [1.165, 1.54) is 16.9 Å². The second-order valence-corrected chi connectivity index (χ2v) is 3.45. The maximum absolute atomic E-state index is 11.5. The lowest BCUT2D eigenvalue weighted by Gasteiger charge is -2.04. The normalized spacial score (nSPS) is 10.2. The molecule has 0 saturated carbocycles. The smallest absolute Gasteiger partial charge is 0.269 e. The van der Waals surface area contributed by atoms with Gasteiger partial charge in [0.05, 0.1) is 18.4 Å². The molecule has 1 heterocycles. The van der Waals surface area contributed by atoms with Gasteiger partial charge in [0.2, 0.25) is 0 Å². The summed E-state index contributed by atoms with van der Waals surface area (Å²) in [7, 11) is 0. The molecule has 1 aromatic carbocycles. The monoisotopic (exact) mass is 217 g/mol. The van der Waals surface area contributed by atoms with Crippen molar-refractivity contribution >= 4 is 5.69 Å². The number of nitrogens with zero attached hydrogens (tertiary/aromatic N) is 2. The Labute approximate surface area is 91.8 Å². The van der Waals surface area contributed by atoms with E-state index in [-0.39, 0.29) is 11.3 Å². The van der Waals surface area contributed by atoms with Gasteiger partial charge in [0.15, 0.2) is 0 Å². The highest BCUT2D eigenvalue weighted by Gasteiger charge is 2.00. The summed E-state index contributed by atoms with van der Waals surface area (Å²) in [5.41, 5.74) is 6.32. The van der Waals surface area contributed by atoms with Crippen LogP contribution < -0.4 is 11.3 Å². The van der Waals surface area contributed by atoms with Crippen molar-refractivity contribution in [2.75, 3.05) is 5.73 Å². The van der Waals surface area contributed by atoms with Crippen LogP contribution in [0, 0.1) is 0 Å². The van der Waals surface area contributed by atoms with Crippen LogP contribution in [0.15, 0.2) is 41.3 Å². The first-order valence-corrected chi connectivity index (χ1v) is 4.76. The minimum Gasteiger partial charge on any atom is -0.508 e. The average molecular weight is 217 g/mol. The standard InChI is InChI=1S/C11H11N3O2/c12-9-5-11(16)14(13-6-9)7-8-2-1-3-10(15)4-8/h1-6,15H,7,12H2. The molecule has 0 amide bonds. The molecule has 0 aliphatic rings. The summed E-state index contributed by atoms with van der Waals surface area (Å²) in [5, 5.41) is 13.2. The van der Waals surface area contributed by atoms with E-state index in [1.54, 1.807) is 18.2 Å².